The molecule has 2 rings (SSSR count). The van der Waals surface area contributed by atoms with Gasteiger partial charge in [-0.3, -0.25) is 14.5 Å². The van der Waals surface area contributed by atoms with Gasteiger partial charge in [-0.05, 0) is 33.7 Å². The van der Waals surface area contributed by atoms with Crippen molar-refractivity contribution >= 4 is 11.9 Å². The van der Waals surface area contributed by atoms with E-state index >= 15 is 0 Å². The van der Waals surface area contributed by atoms with E-state index in [1.807, 2.05) is 58.7 Å². The van der Waals surface area contributed by atoms with Crippen molar-refractivity contribution in [2.75, 3.05) is 14.2 Å². The van der Waals surface area contributed by atoms with Crippen LogP contribution in [-0.4, -0.2) is 60.8 Å². The second kappa shape index (κ2) is 6.84. The number of esters is 1. The molecule has 0 saturated carbocycles. The van der Waals surface area contributed by atoms with Crippen LogP contribution in [0.25, 0.3) is 0 Å². The molecule has 1 unspecified atom stereocenters. The van der Waals surface area contributed by atoms with Crippen molar-refractivity contribution in [3.63, 3.8) is 0 Å². The molecule has 0 radical (unpaired) electrons. The molecule has 1 fully saturated rings. The molecule has 1 amide bonds. The number of rotatable bonds is 5. The van der Waals surface area contributed by atoms with Crippen LogP contribution in [0.4, 0.5) is 0 Å². The van der Waals surface area contributed by atoms with Crippen molar-refractivity contribution in [1.82, 2.24) is 10.2 Å². The number of hydrogen-bond acceptors (Lipinski definition) is 5. The zero-order valence-electron chi connectivity index (χ0n) is 15.7. The highest BCUT2D eigenvalue weighted by atomic mass is 16.5. The van der Waals surface area contributed by atoms with E-state index in [9.17, 15) is 9.59 Å². The Balaban J connectivity index is 2.25. The zero-order chi connectivity index (χ0) is 18.2. The molecular formula is C18H30N2O4. The highest BCUT2D eigenvalue weighted by molar-refractivity contribution is 5.83. The van der Waals surface area contributed by atoms with Crippen LogP contribution in [0.3, 0.4) is 0 Å². The summed E-state index contributed by atoms with van der Waals surface area (Å²) in [6.45, 7) is 9.91. The molecule has 1 N–H and O–H groups in total. The van der Waals surface area contributed by atoms with Gasteiger partial charge in [0.2, 0.25) is 5.91 Å². The van der Waals surface area contributed by atoms with E-state index < -0.39 is 5.92 Å². The molecule has 2 heterocycles. The molecule has 1 saturated heterocycles. The minimum absolute atomic E-state index is 0.0321. The molecule has 0 aromatic rings. The molecule has 136 valence electrons. The molecular weight excluding hydrogens is 308 g/mol. The van der Waals surface area contributed by atoms with E-state index in [0.717, 1.165) is 0 Å². The fraction of sp³-hybridized carbons (Fsp3) is 0.778. The van der Waals surface area contributed by atoms with Gasteiger partial charge in [0, 0.05) is 5.54 Å². The Morgan fingerprint density at radius 1 is 1.21 bits per heavy atom. The Kier molecular flexibility index (Phi) is 5.40. The summed E-state index contributed by atoms with van der Waals surface area (Å²) in [5.41, 5.74) is -0.308. The SMILES string of the molecule is COC(=O)[C@H]1[C@H](N(C)C(C(=O)NC(C)(C)C)C(C)C)[C@H]2C=C[C@@H]1O2. The number of carbonyl (C=O) groups excluding carboxylic acids is 2. The Morgan fingerprint density at radius 3 is 2.29 bits per heavy atom. The molecule has 0 aromatic heterocycles. The standard InChI is InChI=1S/C18H30N2O4/c1-10(2)14(16(21)19-18(3,4)5)20(6)15-12-9-8-11(24-12)13(15)17(22)23-7/h8-15H,1-7H3,(H,19,21)/t11-,12+,13+,14?,15+/m0/s1. The van der Waals surface area contributed by atoms with E-state index in [1.54, 1.807) is 0 Å². The van der Waals surface area contributed by atoms with E-state index in [4.69, 9.17) is 9.47 Å². The van der Waals surface area contributed by atoms with Crippen molar-refractivity contribution < 1.29 is 19.1 Å². The fourth-order valence-corrected chi connectivity index (χ4v) is 3.77. The number of methoxy groups -OCH3 is 1. The Bertz CT molecular complexity index is 524. The molecule has 2 bridgehead atoms. The summed E-state index contributed by atoms with van der Waals surface area (Å²) in [5, 5.41) is 3.05. The lowest BCUT2D eigenvalue weighted by atomic mass is 9.86. The largest absolute Gasteiger partial charge is 0.469 e. The van der Waals surface area contributed by atoms with E-state index in [0.29, 0.717) is 0 Å². The summed E-state index contributed by atoms with van der Waals surface area (Å²) in [7, 11) is 3.28. The summed E-state index contributed by atoms with van der Waals surface area (Å²) in [4.78, 5) is 27.1. The minimum Gasteiger partial charge on any atom is -0.469 e. The van der Waals surface area contributed by atoms with Gasteiger partial charge in [0.15, 0.2) is 0 Å². The van der Waals surface area contributed by atoms with Gasteiger partial charge in [0.1, 0.15) is 5.92 Å². The average Bonchev–Trinajstić information content (AvgIpc) is 3.04. The van der Waals surface area contributed by atoms with Gasteiger partial charge in [-0.1, -0.05) is 26.0 Å². The lowest BCUT2D eigenvalue weighted by Gasteiger charge is -2.39. The fourth-order valence-electron chi connectivity index (χ4n) is 3.77. The number of nitrogens with one attached hydrogen (secondary N) is 1. The quantitative estimate of drug-likeness (QED) is 0.605. The first-order valence-electron chi connectivity index (χ1n) is 8.52. The smallest absolute Gasteiger partial charge is 0.313 e. The van der Waals surface area contributed by atoms with Crippen LogP contribution in [0.2, 0.25) is 0 Å². The van der Waals surface area contributed by atoms with Crippen LogP contribution in [0.15, 0.2) is 12.2 Å². The van der Waals surface area contributed by atoms with Gasteiger partial charge in [0.05, 0.1) is 31.4 Å². The lowest BCUT2D eigenvalue weighted by molar-refractivity contribution is -0.149. The van der Waals surface area contributed by atoms with Crippen LogP contribution in [0, 0.1) is 11.8 Å². The molecule has 0 spiro atoms. The molecule has 2 aliphatic rings. The predicted molar refractivity (Wildman–Crippen MR) is 91.4 cm³/mol. The third-order valence-electron chi connectivity index (χ3n) is 4.64. The first-order chi connectivity index (χ1) is 11.1. The van der Waals surface area contributed by atoms with Crippen LogP contribution in [0.1, 0.15) is 34.6 Å². The summed E-state index contributed by atoms with van der Waals surface area (Å²) < 4.78 is 10.8. The number of ether oxygens (including phenoxy) is 2. The first-order valence-corrected chi connectivity index (χ1v) is 8.52. The molecule has 6 nitrogen and oxygen atoms in total. The van der Waals surface area contributed by atoms with Crippen LogP contribution in [-0.2, 0) is 19.1 Å². The maximum Gasteiger partial charge on any atom is 0.313 e. The summed E-state index contributed by atoms with van der Waals surface area (Å²) >= 11 is 0. The van der Waals surface area contributed by atoms with Crippen LogP contribution < -0.4 is 5.32 Å². The Hall–Kier alpha value is -1.40. The van der Waals surface area contributed by atoms with Crippen LogP contribution in [0.5, 0.6) is 0 Å². The summed E-state index contributed by atoms with van der Waals surface area (Å²) in [6.07, 6.45) is 3.43. The number of nitrogens with zero attached hydrogens (tertiary/aromatic N) is 1. The third-order valence-corrected chi connectivity index (χ3v) is 4.64. The molecule has 0 aliphatic carbocycles. The van der Waals surface area contributed by atoms with Crippen molar-refractivity contribution in [1.29, 1.82) is 0 Å². The Labute approximate surface area is 144 Å². The predicted octanol–water partition coefficient (Wildman–Crippen LogP) is 1.35. The number of fused-ring (bicyclic) bond motifs is 2. The topological polar surface area (TPSA) is 67.9 Å². The van der Waals surface area contributed by atoms with E-state index in [-0.39, 0.29) is 47.6 Å². The second-order valence-electron chi connectivity index (χ2n) is 8.08. The molecule has 6 heteroatoms. The van der Waals surface area contributed by atoms with Crippen LogP contribution >= 0.6 is 0 Å². The van der Waals surface area contributed by atoms with Gasteiger partial charge < -0.3 is 14.8 Å². The number of likely N-dealkylation sites (N-methyl/N-ethyl adjacent to an activating group) is 1. The van der Waals surface area contributed by atoms with Gasteiger partial charge in [-0.15, -0.1) is 0 Å². The van der Waals surface area contributed by atoms with Gasteiger partial charge in [-0.2, -0.15) is 0 Å². The van der Waals surface area contributed by atoms with Crippen molar-refractivity contribution in [3.05, 3.63) is 12.2 Å². The number of carbonyl (C=O) groups is 2. The molecule has 24 heavy (non-hydrogen) atoms. The normalized spacial score (nSPS) is 30.0. The highest BCUT2D eigenvalue weighted by Gasteiger charge is 2.53. The van der Waals surface area contributed by atoms with Gasteiger partial charge in [0.25, 0.3) is 0 Å². The molecule has 2 aliphatic heterocycles. The lowest BCUT2D eigenvalue weighted by Crippen LogP contribution is -2.59. The molecule has 5 atom stereocenters. The monoisotopic (exact) mass is 338 g/mol. The molecule has 0 aromatic carbocycles. The maximum absolute atomic E-state index is 12.8. The van der Waals surface area contributed by atoms with E-state index in [2.05, 4.69) is 5.32 Å². The Morgan fingerprint density at radius 2 is 1.79 bits per heavy atom. The first kappa shape index (κ1) is 18.9. The average molecular weight is 338 g/mol. The zero-order valence-corrected chi connectivity index (χ0v) is 15.7. The number of hydrogen-bond donors (Lipinski definition) is 1. The van der Waals surface area contributed by atoms with Gasteiger partial charge in [-0.25, -0.2) is 0 Å². The second-order valence-corrected chi connectivity index (χ2v) is 8.08. The van der Waals surface area contributed by atoms with Crippen molar-refractivity contribution in [2.24, 2.45) is 11.8 Å². The maximum atomic E-state index is 12.8. The summed E-state index contributed by atoms with van der Waals surface area (Å²) in [5.74, 6) is -0.629. The van der Waals surface area contributed by atoms with Crippen molar-refractivity contribution in [3.8, 4) is 0 Å². The number of amides is 1. The third kappa shape index (κ3) is 3.64. The van der Waals surface area contributed by atoms with Gasteiger partial charge >= 0.3 is 5.97 Å². The van der Waals surface area contributed by atoms with E-state index in [1.165, 1.54) is 7.11 Å². The minimum atomic E-state index is -0.404. The summed E-state index contributed by atoms with van der Waals surface area (Å²) in [6, 6.07) is -0.553. The highest BCUT2D eigenvalue weighted by Crippen LogP contribution is 2.39. The van der Waals surface area contributed by atoms with Crippen molar-refractivity contribution in [2.45, 2.75) is 64.4 Å².